The van der Waals surface area contributed by atoms with Crippen molar-refractivity contribution in [2.75, 3.05) is 43.3 Å². The van der Waals surface area contributed by atoms with E-state index in [-0.39, 0.29) is 11.7 Å². The largest absolute Gasteiger partial charge is 0.497 e. The first-order chi connectivity index (χ1) is 15.2. The Morgan fingerprint density at radius 2 is 1.87 bits per heavy atom. The highest BCUT2D eigenvalue weighted by Gasteiger charge is 2.16. The Hall–Kier alpha value is -3.20. The molecule has 0 unspecified atom stereocenters. The van der Waals surface area contributed by atoms with Gasteiger partial charge in [-0.1, -0.05) is 11.8 Å². The Morgan fingerprint density at radius 3 is 2.58 bits per heavy atom. The van der Waals surface area contributed by atoms with Gasteiger partial charge in [-0.3, -0.25) is 4.79 Å². The van der Waals surface area contributed by atoms with Crippen molar-refractivity contribution in [3.05, 3.63) is 42.5 Å². The van der Waals surface area contributed by atoms with Crippen molar-refractivity contribution >= 4 is 29.0 Å². The molecule has 0 saturated carbocycles. The number of aromatic nitrogens is 2. The average molecular weight is 441 g/mol. The number of nitrogens with one attached hydrogen (secondary N) is 1. The topological polar surface area (TPSA) is 89.7 Å². The molecule has 0 atom stereocenters. The zero-order valence-corrected chi connectivity index (χ0v) is 18.3. The number of nitrogens with zero attached hydrogens (tertiary/aromatic N) is 3. The highest BCUT2D eigenvalue weighted by atomic mass is 32.2. The zero-order valence-electron chi connectivity index (χ0n) is 17.5. The van der Waals surface area contributed by atoms with Crippen LogP contribution in [0.15, 0.2) is 52.1 Å². The summed E-state index contributed by atoms with van der Waals surface area (Å²) in [5, 5.41) is 11.3. The molecule has 1 aliphatic rings. The van der Waals surface area contributed by atoms with Gasteiger partial charge in [0, 0.05) is 30.5 Å². The maximum Gasteiger partial charge on any atom is 0.277 e. The lowest BCUT2D eigenvalue weighted by Gasteiger charge is -2.17. The molecular weight excluding hydrogens is 416 g/mol. The van der Waals surface area contributed by atoms with E-state index >= 15 is 0 Å². The number of carbonyl (C=O) groups excluding carboxylic acids is 1. The van der Waals surface area contributed by atoms with Gasteiger partial charge in [-0.15, -0.1) is 10.2 Å². The molecular formula is C22H24N4O4S. The average Bonchev–Trinajstić information content (AvgIpc) is 3.50. The number of carbonyl (C=O) groups is 1. The van der Waals surface area contributed by atoms with E-state index in [4.69, 9.17) is 13.9 Å². The molecule has 4 rings (SSSR count). The molecule has 9 heteroatoms. The van der Waals surface area contributed by atoms with Crippen LogP contribution in [0.3, 0.4) is 0 Å². The van der Waals surface area contributed by atoms with Crippen molar-refractivity contribution in [3.8, 4) is 23.0 Å². The third-order valence-electron chi connectivity index (χ3n) is 4.99. The van der Waals surface area contributed by atoms with Gasteiger partial charge in [0.15, 0.2) is 0 Å². The fraction of sp³-hybridized carbons (Fsp3) is 0.318. The van der Waals surface area contributed by atoms with E-state index < -0.39 is 0 Å². The molecule has 162 valence electrons. The summed E-state index contributed by atoms with van der Waals surface area (Å²) in [6.07, 6.45) is 2.47. The van der Waals surface area contributed by atoms with E-state index in [1.165, 1.54) is 30.3 Å². The Kier molecular flexibility index (Phi) is 6.61. The standard InChI is InChI=1S/C22H24N4O4S/c1-28-17-9-10-18(19(13-17)29-2)21-24-25-22(30-21)31-14-20(27)23-15-5-7-16(8-6-15)26-11-3-4-12-26/h5-10,13H,3-4,11-12,14H2,1-2H3,(H,23,27). The number of hydrogen-bond donors (Lipinski definition) is 1. The molecule has 3 aromatic rings. The third kappa shape index (κ3) is 5.11. The number of thioether (sulfide) groups is 1. The second kappa shape index (κ2) is 9.74. The number of methoxy groups -OCH3 is 2. The van der Waals surface area contributed by atoms with Crippen LogP contribution in [0, 0.1) is 0 Å². The lowest BCUT2D eigenvalue weighted by molar-refractivity contribution is -0.113. The van der Waals surface area contributed by atoms with Gasteiger partial charge in [0.1, 0.15) is 11.5 Å². The predicted molar refractivity (Wildman–Crippen MR) is 120 cm³/mol. The molecule has 1 N–H and O–H groups in total. The Bertz CT molecular complexity index is 1030. The minimum absolute atomic E-state index is 0.138. The number of amides is 1. The van der Waals surface area contributed by atoms with Crippen molar-refractivity contribution in [2.24, 2.45) is 0 Å². The van der Waals surface area contributed by atoms with E-state index in [9.17, 15) is 4.79 Å². The fourth-order valence-electron chi connectivity index (χ4n) is 3.41. The van der Waals surface area contributed by atoms with Crippen LogP contribution >= 0.6 is 11.8 Å². The first kappa shape index (κ1) is 21.0. The minimum atomic E-state index is -0.138. The van der Waals surface area contributed by atoms with Crippen LogP contribution in [0.25, 0.3) is 11.5 Å². The highest BCUT2D eigenvalue weighted by molar-refractivity contribution is 7.99. The van der Waals surface area contributed by atoms with E-state index in [1.54, 1.807) is 32.4 Å². The molecule has 1 saturated heterocycles. The predicted octanol–water partition coefficient (Wildman–Crippen LogP) is 4.08. The molecule has 1 fully saturated rings. The van der Waals surface area contributed by atoms with Crippen LogP contribution in [0.5, 0.6) is 11.5 Å². The lowest BCUT2D eigenvalue weighted by atomic mass is 10.2. The summed E-state index contributed by atoms with van der Waals surface area (Å²) >= 11 is 1.18. The van der Waals surface area contributed by atoms with Gasteiger partial charge in [0.05, 0.1) is 25.5 Å². The second-order valence-corrected chi connectivity index (χ2v) is 7.94. The van der Waals surface area contributed by atoms with Crippen LogP contribution in [-0.4, -0.2) is 49.2 Å². The van der Waals surface area contributed by atoms with E-state index in [2.05, 4.69) is 20.4 Å². The molecule has 0 spiro atoms. The Labute approximate surface area is 184 Å². The van der Waals surface area contributed by atoms with Crippen LogP contribution < -0.4 is 19.7 Å². The van der Waals surface area contributed by atoms with Crippen LogP contribution in [0.4, 0.5) is 11.4 Å². The summed E-state index contributed by atoms with van der Waals surface area (Å²) in [5.74, 6) is 1.57. The third-order valence-corrected chi connectivity index (χ3v) is 5.81. The van der Waals surface area contributed by atoms with Crippen molar-refractivity contribution in [3.63, 3.8) is 0 Å². The SMILES string of the molecule is COc1ccc(-c2nnc(SCC(=O)Nc3ccc(N4CCCC4)cc3)o2)c(OC)c1. The molecule has 8 nitrogen and oxygen atoms in total. The number of hydrogen-bond acceptors (Lipinski definition) is 8. The molecule has 31 heavy (non-hydrogen) atoms. The maximum atomic E-state index is 12.3. The normalized spacial score (nSPS) is 13.3. The zero-order chi connectivity index (χ0) is 21.6. The van der Waals surface area contributed by atoms with Gasteiger partial charge in [0.2, 0.25) is 5.91 Å². The van der Waals surface area contributed by atoms with Gasteiger partial charge in [-0.25, -0.2) is 0 Å². The summed E-state index contributed by atoms with van der Waals surface area (Å²) in [6.45, 7) is 2.19. The van der Waals surface area contributed by atoms with Crippen LogP contribution in [0.2, 0.25) is 0 Å². The number of rotatable bonds is 8. The molecule has 0 aliphatic carbocycles. The monoisotopic (exact) mass is 440 g/mol. The van der Waals surface area contributed by atoms with Gasteiger partial charge in [-0.2, -0.15) is 0 Å². The highest BCUT2D eigenvalue weighted by Crippen LogP contribution is 2.33. The van der Waals surface area contributed by atoms with Crippen LogP contribution in [-0.2, 0) is 4.79 Å². The second-order valence-electron chi connectivity index (χ2n) is 7.02. The van der Waals surface area contributed by atoms with Crippen molar-refractivity contribution < 1.29 is 18.7 Å². The Morgan fingerprint density at radius 1 is 1.10 bits per heavy atom. The fourth-order valence-corrected chi connectivity index (χ4v) is 3.97. The van der Waals surface area contributed by atoms with Gasteiger partial charge in [0.25, 0.3) is 11.1 Å². The Balaban J connectivity index is 1.33. The van der Waals surface area contributed by atoms with Crippen molar-refractivity contribution in [2.45, 2.75) is 18.1 Å². The van der Waals surface area contributed by atoms with Gasteiger partial charge in [-0.05, 0) is 49.2 Å². The van der Waals surface area contributed by atoms with E-state index in [1.807, 2.05) is 24.3 Å². The molecule has 1 aromatic heterocycles. The molecule has 1 aliphatic heterocycles. The molecule has 0 bridgehead atoms. The maximum absolute atomic E-state index is 12.3. The summed E-state index contributed by atoms with van der Waals surface area (Å²) in [7, 11) is 3.15. The number of benzene rings is 2. The van der Waals surface area contributed by atoms with Crippen molar-refractivity contribution in [1.29, 1.82) is 0 Å². The number of ether oxygens (including phenoxy) is 2. The van der Waals surface area contributed by atoms with E-state index in [0.29, 0.717) is 28.2 Å². The molecule has 2 aromatic carbocycles. The van der Waals surface area contributed by atoms with E-state index in [0.717, 1.165) is 18.8 Å². The minimum Gasteiger partial charge on any atom is -0.497 e. The quantitative estimate of drug-likeness (QED) is 0.524. The first-order valence-corrected chi connectivity index (χ1v) is 11.0. The lowest BCUT2D eigenvalue weighted by Crippen LogP contribution is -2.18. The van der Waals surface area contributed by atoms with Gasteiger partial charge < -0.3 is 24.1 Å². The summed E-state index contributed by atoms with van der Waals surface area (Å²) in [5.41, 5.74) is 2.62. The molecule has 2 heterocycles. The van der Waals surface area contributed by atoms with Crippen LogP contribution in [0.1, 0.15) is 12.8 Å². The van der Waals surface area contributed by atoms with Crippen molar-refractivity contribution in [1.82, 2.24) is 10.2 Å². The molecule has 0 radical (unpaired) electrons. The smallest absolute Gasteiger partial charge is 0.277 e. The summed E-state index contributed by atoms with van der Waals surface area (Å²) in [4.78, 5) is 14.7. The van der Waals surface area contributed by atoms with Gasteiger partial charge >= 0.3 is 0 Å². The number of anilines is 2. The first-order valence-electron chi connectivity index (χ1n) is 10.00. The molecule has 1 amide bonds. The summed E-state index contributed by atoms with van der Waals surface area (Å²) < 4.78 is 16.3. The summed E-state index contributed by atoms with van der Waals surface area (Å²) in [6, 6.07) is 13.3.